The first kappa shape index (κ1) is 22.9. The van der Waals surface area contributed by atoms with Crippen molar-refractivity contribution in [3.8, 4) is 5.88 Å². The van der Waals surface area contributed by atoms with Crippen LogP contribution in [0.4, 0.5) is 0 Å². The highest BCUT2D eigenvalue weighted by molar-refractivity contribution is 5.94. The molecule has 6 atom stereocenters. The van der Waals surface area contributed by atoms with Crippen LogP contribution in [0.5, 0.6) is 5.88 Å². The van der Waals surface area contributed by atoms with E-state index in [2.05, 4.69) is 26.3 Å². The second kappa shape index (κ2) is 9.24. The Kier molecular flexibility index (Phi) is 5.87. The Morgan fingerprint density at radius 2 is 1.75 bits per heavy atom. The second-order valence-electron chi connectivity index (χ2n) is 11.6. The standard InChI is InChI=1S/C26H36N6O4/c33-25(16-3-4-22-23(8-16)29-30-28-22)31-10-18-12-32(13-19(18)11-31)26(34)17-7-21(15-1-2-15)24(27-9-17)36-20-5-6-35-14-20/h7,9,15-16,18-20,22-23,28-30H,1-6,8,10-14H2/t16?,18-,19-,20?,22?,23?/m0/s1. The van der Waals surface area contributed by atoms with Crippen LogP contribution in [0.15, 0.2) is 12.3 Å². The third-order valence-electron chi connectivity index (χ3n) is 9.11. The van der Waals surface area contributed by atoms with Gasteiger partial charge < -0.3 is 19.3 Å². The average molecular weight is 497 g/mol. The number of nitrogens with zero attached hydrogens (tertiary/aromatic N) is 3. The summed E-state index contributed by atoms with van der Waals surface area (Å²) < 4.78 is 11.6. The summed E-state index contributed by atoms with van der Waals surface area (Å²) in [7, 11) is 0. The number of hydrazine groups is 2. The van der Waals surface area contributed by atoms with Crippen molar-refractivity contribution in [2.75, 3.05) is 39.4 Å². The van der Waals surface area contributed by atoms with E-state index in [1.165, 1.54) is 0 Å². The predicted molar refractivity (Wildman–Crippen MR) is 130 cm³/mol. The van der Waals surface area contributed by atoms with Crippen LogP contribution < -0.4 is 21.1 Å². The molecule has 6 fully saturated rings. The monoisotopic (exact) mass is 496 g/mol. The number of ether oxygens (including phenoxy) is 2. The minimum absolute atomic E-state index is 0.0537. The quantitative estimate of drug-likeness (QED) is 0.550. The van der Waals surface area contributed by atoms with Crippen molar-refractivity contribution in [3.05, 3.63) is 23.4 Å². The molecule has 194 valence electrons. The van der Waals surface area contributed by atoms with Gasteiger partial charge in [-0.1, -0.05) is 0 Å². The zero-order chi connectivity index (χ0) is 24.2. The zero-order valence-electron chi connectivity index (χ0n) is 20.7. The molecule has 2 aliphatic carbocycles. The van der Waals surface area contributed by atoms with Gasteiger partial charge in [0.1, 0.15) is 6.10 Å². The molecule has 7 rings (SSSR count). The fraction of sp³-hybridized carbons (Fsp3) is 0.731. The summed E-state index contributed by atoms with van der Waals surface area (Å²) >= 11 is 0. The summed E-state index contributed by atoms with van der Waals surface area (Å²) in [6.45, 7) is 4.31. The van der Waals surface area contributed by atoms with E-state index in [-0.39, 0.29) is 17.9 Å². The van der Waals surface area contributed by atoms with Crippen molar-refractivity contribution in [2.24, 2.45) is 17.8 Å². The summed E-state index contributed by atoms with van der Waals surface area (Å²) in [6.07, 6.45) is 7.70. The number of amides is 2. The normalized spacial score (nSPS) is 35.7. The highest BCUT2D eigenvalue weighted by atomic mass is 16.5. The van der Waals surface area contributed by atoms with Gasteiger partial charge in [-0.25, -0.2) is 15.8 Å². The lowest BCUT2D eigenvalue weighted by Gasteiger charge is -2.32. The van der Waals surface area contributed by atoms with Crippen molar-refractivity contribution in [1.29, 1.82) is 0 Å². The number of pyridine rings is 1. The highest BCUT2D eigenvalue weighted by Gasteiger charge is 2.46. The number of carbonyl (C=O) groups excluding carboxylic acids is 2. The predicted octanol–water partition coefficient (Wildman–Crippen LogP) is 0.807. The van der Waals surface area contributed by atoms with Crippen molar-refractivity contribution >= 4 is 11.8 Å². The van der Waals surface area contributed by atoms with Crippen LogP contribution >= 0.6 is 0 Å². The van der Waals surface area contributed by atoms with E-state index in [0.717, 1.165) is 63.8 Å². The Morgan fingerprint density at radius 1 is 0.972 bits per heavy atom. The molecule has 6 aliphatic rings. The van der Waals surface area contributed by atoms with E-state index in [1.807, 2.05) is 11.0 Å². The fourth-order valence-corrected chi connectivity index (χ4v) is 6.87. The molecule has 4 saturated heterocycles. The molecule has 2 saturated carbocycles. The van der Waals surface area contributed by atoms with Crippen molar-refractivity contribution in [1.82, 2.24) is 31.2 Å². The lowest BCUT2D eigenvalue weighted by molar-refractivity contribution is -0.136. The molecule has 0 bridgehead atoms. The summed E-state index contributed by atoms with van der Waals surface area (Å²) in [4.78, 5) is 35.3. The number of hydrogen-bond donors (Lipinski definition) is 3. The fourth-order valence-electron chi connectivity index (χ4n) is 6.87. The van der Waals surface area contributed by atoms with Crippen molar-refractivity contribution in [2.45, 2.75) is 62.6 Å². The Bertz CT molecular complexity index is 1010. The maximum atomic E-state index is 13.4. The molecule has 0 radical (unpaired) electrons. The van der Waals surface area contributed by atoms with E-state index in [1.54, 1.807) is 6.20 Å². The minimum Gasteiger partial charge on any atom is -0.472 e. The van der Waals surface area contributed by atoms with Gasteiger partial charge in [0.2, 0.25) is 11.8 Å². The number of hydrogen-bond acceptors (Lipinski definition) is 8. The largest absolute Gasteiger partial charge is 0.472 e. The Labute approximate surface area is 211 Å². The Balaban J connectivity index is 0.973. The molecule has 0 aromatic carbocycles. The van der Waals surface area contributed by atoms with Crippen molar-refractivity contribution in [3.63, 3.8) is 0 Å². The summed E-state index contributed by atoms with van der Waals surface area (Å²) in [5.41, 5.74) is 11.2. The zero-order valence-corrected chi connectivity index (χ0v) is 20.7. The third kappa shape index (κ3) is 4.27. The molecule has 4 unspecified atom stereocenters. The van der Waals surface area contributed by atoms with Crippen LogP contribution in [0, 0.1) is 17.8 Å². The smallest absolute Gasteiger partial charge is 0.255 e. The van der Waals surface area contributed by atoms with Crippen LogP contribution in [0.3, 0.4) is 0 Å². The number of fused-ring (bicyclic) bond motifs is 2. The molecular weight excluding hydrogens is 460 g/mol. The Morgan fingerprint density at radius 3 is 2.50 bits per heavy atom. The third-order valence-corrected chi connectivity index (χ3v) is 9.11. The first-order valence-corrected chi connectivity index (χ1v) is 13.7. The van der Waals surface area contributed by atoms with E-state index < -0.39 is 0 Å². The molecule has 10 nitrogen and oxygen atoms in total. The van der Waals surface area contributed by atoms with E-state index in [0.29, 0.717) is 66.9 Å². The molecule has 10 heteroatoms. The van der Waals surface area contributed by atoms with Crippen LogP contribution in [0.1, 0.15) is 60.4 Å². The van der Waals surface area contributed by atoms with Gasteiger partial charge >= 0.3 is 0 Å². The van der Waals surface area contributed by atoms with E-state index in [4.69, 9.17) is 9.47 Å². The topological polar surface area (TPSA) is 108 Å². The second-order valence-corrected chi connectivity index (χ2v) is 11.6. The average Bonchev–Trinajstić information content (AvgIpc) is 3.27. The maximum absolute atomic E-state index is 13.4. The first-order valence-electron chi connectivity index (χ1n) is 13.7. The van der Waals surface area contributed by atoms with E-state index >= 15 is 0 Å². The SMILES string of the molecule is O=C(c1cnc(OC2CCOC2)c(C2CC2)c1)N1C[C@@H]2CN(C(=O)C3CCC4NNNC4C3)C[C@H]2C1. The van der Waals surface area contributed by atoms with Gasteiger partial charge in [0.15, 0.2) is 0 Å². The number of likely N-dealkylation sites (tertiary alicyclic amines) is 2. The maximum Gasteiger partial charge on any atom is 0.255 e. The number of rotatable bonds is 5. The summed E-state index contributed by atoms with van der Waals surface area (Å²) in [5.74, 6) is 2.30. The van der Waals surface area contributed by atoms with Gasteiger partial charge in [-0.2, -0.15) is 5.53 Å². The summed E-state index contributed by atoms with van der Waals surface area (Å²) in [5, 5.41) is 0. The van der Waals surface area contributed by atoms with Gasteiger partial charge in [0, 0.05) is 74.2 Å². The van der Waals surface area contributed by atoms with Crippen LogP contribution in [0.2, 0.25) is 0 Å². The molecule has 4 aliphatic heterocycles. The van der Waals surface area contributed by atoms with Gasteiger partial charge in [0.25, 0.3) is 5.91 Å². The number of nitrogens with one attached hydrogen (secondary N) is 3. The molecular formula is C26H36N6O4. The minimum atomic E-state index is 0.0537. The lowest BCUT2D eigenvalue weighted by Crippen LogP contribution is -2.45. The van der Waals surface area contributed by atoms with Crippen LogP contribution in [0.25, 0.3) is 0 Å². The Hall–Kier alpha value is -2.27. The highest BCUT2D eigenvalue weighted by Crippen LogP contribution is 2.44. The molecule has 3 N–H and O–H groups in total. The van der Waals surface area contributed by atoms with Gasteiger partial charge in [0.05, 0.1) is 18.8 Å². The molecule has 36 heavy (non-hydrogen) atoms. The molecule has 2 amide bonds. The molecule has 5 heterocycles. The number of aromatic nitrogens is 1. The van der Waals surface area contributed by atoms with E-state index in [9.17, 15) is 9.59 Å². The molecule has 1 aromatic heterocycles. The van der Waals surface area contributed by atoms with Gasteiger partial charge in [-0.3, -0.25) is 9.59 Å². The van der Waals surface area contributed by atoms with Crippen molar-refractivity contribution < 1.29 is 19.1 Å². The lowest BCUT2D eigenvalue weighted by atomic mass is 9.82. The van der Waals surface area contributed by atoms with Gasteiger partial charge in [-0.15, -0.1) is 0 Å². The van der Waals surface area contributed by atoms with Gasteiger partial charge in [-0.05, 0) is 44.1 Å². The summed E-state index contributed by atoms with van der Waals surface area (Å²) in [6, 6.07) is 2.75. The van der Waals surface area contributed by atoms with Crippen LogP contribution in [-0.2, 0) is 9.53 Å². The number of carbonyl (C=O) groups is 2. The first-order chi connectivity index (χ1) is 17.6. The van der Waals surface area contributed by atoms with Crippen LogP contribution in [-0.4, -0.2) is 84.2 Å². The molecule has 1 aromatic rings. The molecule has 0 spiro atoms.